The second-order valence-corrected chi connectivity index (χ2v) is 10.2. The summed E-state index contributed by atoms with van der Waals surface area (Å²) in [6, 6.07) is 3.37. The molecule has 37 heavy (non-hydrogen) atoms. The van der Waals surface area contributed by atoms with Gasteiger partial charge in [0.25, 0.3) is 0 Å². The third-order valence-corrected chi connectivity index (χ3v) is 6.79. The van der Waals surface area contributed by atoms with Crippen LogP contribution in [0.1, 0.15) is 69.8 Å². The molecule has 204 valence electrons. The Bertz CT molecular complexity index is 1010. The van der Waals surface area contributed by atoms with Crippen molar-refractivity contribution in [3.8, 4) is 11.5 Å². The fourth-order valence-electron chi connectivity index (χ4n) is 4.65. The van der Waals surface area contributed by atoms with E-state index in [2.05, 4.69) is 23.9 Å². The Morgan fingerprint density at radius 1 is 1.14 bits per heavy atom. The first-order valence-electron chi connectivity index (χ1n) is 12.8. The Kier molecular flexibility index (Phi) is 10.2. The molecule has 10 heteroatoms. The van der Waals surface area contributed by atoms with Crippen molar-refractivity contribution in [3.63, 3.8) is 0 Å². The Morgan fingerprint density at radius 3 is 2.62 bits per heavy atom. The van der Waals surface area contributed by atoms with E-state index in [1.807, 2.05) is 32.9 Å². The summed E-state index contributed by atoms with van der Waals surface area (Å²) in [5.74, 6) is 0.0452. The van der Waals surface area contributed by atoms with Gasteiger partial charge in [0.05, 0.1) is 25.4 Å². The van der Waals surface area contributed by atoms with Crippen molar-refractivity contribution in [2.75, 3.05) is 27.1 Å². The third kappa shape index (κ3) is 7.85. The first-order chi connectivity index (χ1) is 17.6. The number of nitrogens with zero attached hydrogens (tertiary/aromatic N) is 3. The summed E-state index contributed by atoms with van der Waals surface area (Å²) in [5, 5.41) is 3.50. The van der Waals surface area contributed by atoms with Gasteiger partial charge in [0.15, 0.2) is 12.6 Å². The van der Waals surface area contributed by atoms with Gasteiger partial charge in [-0.1, -0.05) is 31.1 Å². The van der Waals surface area contributed by atoms with Crippen molar-refractivity contribution in [1.82, 2.24) is 0 Å². The molecule has 2 aliphatic rings. The van der Waals surface area contributed by atoms with Crippen LogP contribution in [0.2, 0.25) is 0 Å². The molecule has 0 bridgehead atoms. The van der Waals surface area contributed by atoms with E-state index in [-0.39, 0.29) is 55.8 Å². The maximum atomic E-state index is 13.4. The number of ether oxygens (including phenoxy) is 6. The van der Waals surface area contributed by atoms with E-state index in [0.29, 0.717) is 23.3 Å². The minimum atomic E-state index is -0.657. The maximum absolute atomic E-state index is 13.4. The summed E-state index contributed by atoms with van der Waals surface area (Å²) in [7, 11) is 1.50. The fourth-order valence-corrected chi connectivity index (χ4v) is 4.65. The highest BCUT2D eigenvalue weighted by atomic mass is 16.8. The molecule has 0 N–H and O–H groups in total. The number of rotatable bonds is 7. The highest BCUT2D eigenvalue weighted by molar-refractivity contribution is 5.97. The van der Waals surface area contributed by atoms with Gasteiger partial charge in [0.1, 0.15) is 23.2 Å². The van der Waals surface area contributed by atoms with Crippen LogP contribution in [0.3, 0.4) is 0 Å². The zero-order valence-electron chi connectivity index (χ0n) is 22.6. The predicted octanol–water partition coefficient (Wildman–Crippen LogP) is 5.89. The number of fused-ring (bicyclic) bond motifs is 2. The van der Waals surface area contributed by atoms with Crippen LogP contribution in [0.4, 0.5) is 0 Å². The standard InChI is InChI=1S/C27H39N3O7/c1-17-10-11-18(2)25-22(36-27(4,5)37-25)9-7-8-20-14-21(33-13-12-29-30-28)15-23(34-16-32-6)24(20)26(31)35-19(17)3/h7-8,14-15,17-19,22,25H,9-13,16H2,1-6H3/t17-,18+,19+,22+,25?/m1/s1. The van der Waals surface area contributed by atoms with E-state index in [9.17, 15) is 4.79 Å². The number of benzene rings is 1. The quantitative estimate of drug-likeness (QED) is 0.110. The lowest BCUT2D eigenvalue weighted by Crippen LogP contribution is -2.31. The first-order valence-corrected chi connectivity index (χ1v) is 12.8. The zero-order chi connectivity index (χ0) is 27.0. The van der Waals surface area contributed by atoms with Gasteiger partial charge in [-0.05, 0) is 69.0 Å². The largest absolute Gasteiger partial charge is 0.493 e. The molecule has 2 heterocycles. The van der Waals surface area contributed by atoms with Crippen LogP contribution >= 0.6 is 0 Å². The van der Waals surface area contributed by atoms with Gasteiger partial charge in [0.2, 0.25) is 0 Å². The van der Waals surface area contributed by atoms with Crippen LogP contribution in [0, 0.1) is 11.8 Å². The maximum Gasteiger partial charge on any atom is 0.342 e. The van der Waals surface area contributed by atoms with Crippen molar-refractivity contribution >= 4 is 12.0 Å². The molecule has 1 aromatic rings. The Hall–Kier alpha value is -2.78. The minimum Gasteiger partial charge on any atom is -0.493 e. The van der Waals surface area contributed by atoms with Crippen LogP contribution in [-0.2, 0) is 18.9 Å². The Labute approximate surface area is 218 Å². The van der Waals surface area contributed by atoms with Crippen LogP contribution in [0.25, 0.3) is 16.5 Å². The summed E-state index contributed by atoms with van der Waals surface area (Å²) in [4.78, 5) is 16.2. The number of methoxy groups -OCH3 is 1. The van der Waals surface area contributed by atoms with Crippen molar-refractivity contribution < 1.29 is 33.2 Å². The molecule has 3 rings (SSSR count). The number of azide groups is 1. The van der Waals surface area contributed by atoms with Gasteiger partial charge >= 0.3 is 5.97 Å². The van der Waals surface area contributed by atoms with E-state index in [1.54, 1.807) is 12.1 Å². The number of carbonyl (C=O) groups excluding carboxylic acids is 1. The topological polar surface area (TPSA) is 121 Å². The molecule has 1 unspecified atom stereocenters. The van der Waals surface area contributed by atoms with Gasteiger partial charge < -0.3 is 28.4 Å². The second-order valence-electron chi connectivity index (χ2n) is 10.2. The lowest BCUT2D eigenvalue weighted by molar-refractivity contribution is -0.150. The van der Waals surface area contributed by atoms with E-state index in [0.717, 1.165) is 12.8 Å². The van der Waals surface area contributed by atoms with Crippen LogP contribution in [0.5, 0.6) is 11.5 Å². The van der Waals surface area contributed by atoms with Crippen LogP contribution in [0.15, 0.2) is 23.3 Å². The van der Waals surface area contributed by atoms with E-state index in [1.165, 1.54) is 7.11 Å². The van der Waals surface area contributed by atoms with E-state index in [4.69, 9.17) is 34.0 Å². The number of hydrogen-bond acceptors (Lipinski definition) is 8. The molecule has 1 aromatic carbocycles. The summed E-state index contributed by atoms with van der Waals surface area (Å²) >= 11 is 0. The van der Waals surface area contributed by atoms with Gasteiger partial charge in [-0.15, -0.1) is 0 Å². The van der Waals surface area contributed by atoms with Gasteiger partial charge in [-0.3, -0.25) is 0 Å². The van der Waals surface area contributed by atoms with Gasteiger partial charge in [-0.2, -0.15) is 0 Å². The van der Waals surface area contributed by atoms with Gasteiger partial charge in [0, 0.05) is 18.1 Å². The summed E-state index contributed by atoms with van der Waals surface area (Å²) in [6.07, 6.45) is 5.80. The molecule has 1 fully saturated rings. The van der Waals surface area contributed by atoms with Crippen LogP contribution < -0.4 is 9.47 Å². The molecular weight excluding hydrogens is 478 g/mol. The smallest absolute Gasteiger partial charge is 0.342 e. The van der Waals surface area contributed by atoms with Crippen LogP contribution in [-0.4, -0.2) is 57.1 Å². The number of cyclic esters (lactones) is 1. The number of esters is 1. The number of hydrogen-bond donors (Lipinski definition) is 0. The summed E-state index contributed by atoms with van der Waals surface area (Å²) in [5.41, 5.74) is 9.40. The zero-order valence-corrected chi connectivity index (χ0v) is 22.6. The monoisotopic (exact) mass is 517 g/mol. The lowest BCUT2D eigenvalue weighted by atomic mass is 9.88. The molecule has 2 aliphatic heterocycles. The normalized spacial score (nSPS) is 27.7. The predicted molar refractivity (Wildman–Crippen MR) is 138 cm³/mol. The molecule has 0 radical (unpaired) electrons. The first kappa shape index (κ1) is 28.8. The lowest BCUT2D eigenvalue weighted by Gasteiger charge is -2.27. The molecule has 0 aliphatic carbocycles. The molecule has 0 amide bonds. The highest BCUT2D eigenvalue weighted by Gasteiger charge is 2.43. The minimum absolute atomic E-state index is 0.0388. The molecule has 0 aromatic heterocycles. The average Bonchev–Trinajstić information content (AvgIpc) is 3.17. The molecule has 0 spiro atoms. The Morgan fingerprint density at radius 2 is 1.89 bits per heavy atom. The summed E-state index contributed by atoms with van der Waals surface area (Å²) < 4.78 is 35.1. The second kappa shape index (κ2) is 13.1. The molecule has 0 saturated carbocycles. The molecule has 5 atom stereocenters. The fraction of sp³-hybridized carbons (Fsp3) is 0.667. The molecule has 1 saturated heterocycles. The van der Waals surface area contributed by atoms with Gasteiger partial charge in [-0.25, -0.2) is 4.79 Å². The van der Waals surface area contributed by atoms with E-state index >= 15 is 0 Å². The Balaban J connectivity index is 2.02. The average molecular weight is 518 g/mol. The van der Waals surface area contributed by atoms with Crippen molar-refractivity contribution in [2.24, 2.45) is 17.0 Å². The van der Waals surface area contributed by atoms with Crippen molar-refractivity contribution in [1.29, 1.82) is 0 Å². The molecular formula is C27H39N3O7. The molecule has 10 nitrogen and oxygen atoms in total. The summed E-state index contributed by atoms with van der Waals surface area (Å²) in [6.45, 7) is 10.4. The van der Waals surface area contributed by atoms with Crippen molar-refractivity contribution in [3.05, 3.63) is 39.8 Å². The van der Waals surface area contributed by atoms with Crippen molar-refractivity contribution in [2.45, 2.75) is 78.0 Å². The highest BCUT2D eigenvalue weighted by Crippen LogP contribution is 2.37. The SMILES string of the molecule is COCOc1cc(OCCN=[N+]=[N-])cc2c1C(=O)O[C@@H](C)[C@H](C)CC[C@H](C)C1OC(C)(C)O[C@H]1CC=C2. The third-order valence-electron chi connectivity index (χ3n) is 6.79. The number of carbonyl (C=O) groups is 1. The van der Waals surface area contributed by atoms with E-state index < -0.39 is 11.8 Å².